The molecule has 0 aliphatic carbocycles. The molecule has 0 spiro atoms. The van der Waals surface area contributed by atoms with Crippen molar-refractivity contribution in [3.63, 3.8) is 0 Å². The number of anilines is 2. The van der Waals surface area contributed by atoms with Crippen LogP contribution in [0.4, 0.5) is 10.8 Å². The number of fused-ring (bicyclic) bond motifs is 2. The van der Waals surface area contributed by atoms with Gasteiger partial charge in [0.25, 0.3) is 0 Å². The van der Waals surface area contributed by atoms with Gasteiger partial charge in [0.05, 0.1) is 10.2 Å². The van der Waals surface area contributed by atoms with E-state index < -0.39 is 5.97 Å². The number of rotatable bonds is 4. The fourth-order valence-electron chi connectivity index (χ4n) is 2.95. The van der Waals surface area contributed by atoms with Gasteiger partial charge in [0.1, 0.15) is 0 Å². The number of aromatic carboxylic acids is 1. The highest BCUT2D eigenvalue weighted by Crippen LogP contribution is 2.31. The molecule has 0 amide bonds. The molecule has 142 valence electrons. The van der Waals surface area contributed by atoms with Crippen molar-refractivity contribution < 1.29 is 9.90 Å². The molecule has 0 unspecified atom stereocenters. The van der Waals surface area contributed by atoms with Crippen molar-refractivity contribution in [1.29, 1.82) is 0 Å². The summed E-state index contributed by atoms with van der Waals surface area (Å²) in [5.41, 5.74) is 2.60. The molecule has 29 heavy (non-hydrogen) atoms. The molecule has 0 bridgehead atoms. The Morgan fingerprint density at radius 2 is 1.97 bits per heavy atom. The Kier molecular flexibility index (Phi) is 4.11. The zero-order chi connectivity index (χ0) is 20.0. The van der Waals surface area contributed by atoms with Gasteiger partial charge in [0, 0.05) is 28.7 Å². The highest BCUT2D eigenvalue weighted by atomic mass is 35.5. The normalized spacial score (nSPS) is 11.2. The lowest BCUT2D eigenvalue weighted by Crippen LogP contribution is -2.04. The lowest BCUT2D eigenvalue weighted by atomic mass is 10.2. The van der Waals surface area contributed by atoms with Gasteiger partial charge in [-0.2, -0.15) is 0 Å². The Bertz CT molecular complexity index is 1380. The van der Waals surface area contributed by atoms with E-state index in [2.05, 4.69) is 25.5 Å². The summed E-state index contributed by atoms with van der Waals surface area (Å²) < 4.78 is 2.62. The van der Waals surface area contributed by atoms with Gasteiger partial charge in [0.15, 0.2) is 22.3 Å². The van der Waals surface area contributed by atoms with Crippen molar-refractivity contribution in [3.05, 3.63) is 65.6 Å². The summed E-state index contributed by atoms with van der Waals surface area (Å²) in [6.45, 7) is 0. The predicted molar refractivity (Wildman–Crippen MR) is 111 cm³/mol. The van der Waals surface area contributed by atoms with Crippen molar-refractivity contribution in [2.45, 2.75) is 0 Å². The van der Waals surface area contributed by atoms with Gasteiger partial charge < -0.3 is 10.4 Å². The topological polar surface area (TPSA) is 105 Å². The van der Waals surface area contributed by atoms with E-state index >= 15 is 0 Å². The van der Waals surface area contributed by atoms with E-state index in [4.69, 9.17) is 11.6 Å². The number of benzene rings is 2. The number of hydrogen-bond acceptors (Lipinski definition) is 7. The van der Waals surface area contributed by atoms with Crippen LogP contribution in [0.1, 0.15) is 10.5 Å². The van der Waals surface area contributed by atoms with Crippen LogP contribution in [0, 0.1) is 0 Å². The molecule has 0 saturated carbocycles. The van der Waals surface area contributed by atoms with Gasteiger partial charge in [-0.1, -0.05) is 22.9 Å². The second kappa shape index (κ2) is 6.80. The summed E-state index contributed by atoms with van der Waals surface area (Å²) in [7, 11) is 0. The fourth-order valence-corrected chi connectivity index (χ4v) is 4.11. The third kappa shape index (κ3) is 3.16. The monoisotopic (exact) mass is 422 g/mol. The Hall–Kier alpha value is -3.56. The first-order chi connectivity index (χ1) is 14.1. The summed E-state index contributed by atoms with van der Waals surface area (Å²) >= 11 is 7.55. The molecule has 0 aliphatic rings. The average Bonchev–Trinajstić information content (AvgIpc) is 3.31. The zero-order valence-electron chi connectivity index (χ0n) is 14.6. The van der Waals surface area contributed by atoms with Crippen LogP contribution in [0.2, 0.25) is 5.02 Å². The summed E-state index contributed by atoms with van der Waals surface area (Å²) in [6, 6.07) is 13.1. The molecule has 3 heterocycles. The summed E-state index contributed by atoms with van der Waals surface area (Å²) in [4.78, 5) is 19.7. The van der Waals surface area contributed by atoms with Crippen molar-refractivity contribution >= 4 is 55.6 Å². The minimum absolute atomic E-state index is 0.138. The number of hydrogen-bond donors (Lipinski definition) is 2. The Morgan fingerprint density at radius 1 is 1.14 bits per heavy atom. The number of carbonyl (C=O) groups is 1. The fraction of sp³-hybridized carbons (Fsp3) is 0. The van der Waals surface area contributed by atoms with E-state index in [1.54, 1.807) is 10.6 Å². The quantitative estimate of drug-likeness (QED) is 0.439. The van der Waals surface area contributed by atoms with E-state index in [0.29, 0.717) is 10.8 Å². The first-order valence-electron chi connectivity index (χ1n) is 8.45. The van der Waals surface area contributed by atoms with Crippen molar-refractivity contribution in [3.8, 4) is 11.4 Å². The van der Waals surface area contributed by atoms with Gasteiger partial charge in [-0.15, -0.1) is 10.2 Å². The van der Waals surface area contributed by atoms with Crippen molar-refractivity contribution in [2.75, 3.05) is 5.32 Å². The predicted octanol–water partition coefficient (Wildman–Crippen LogP) is 4.50. The molecule has 0 saturated heterocycles. The van der Waals surface area contributed by atoms with Gasteiger partial charge in [-0.3, -0.25) is 4.40 Å². The lowest BCUT2D eigenvalue weighted by Gasteiger charge is -2.04. The van der Waals surface area contributed by atoms with Crippen LogP contribution in [0.5, 0.6) is 0 Å². The molecule has 3 aromatic heterocycles. The molecule has 5 rings (SSSR count). The molecule has 8 nitrogen and oxygen atoms in total. The second-order valence-electron chi connectivity index (χ2n) is 6.13. The smallest absolute Gasteiger partial charge is 0.358 e. The zero-order valence-corrected chi connectivity index (χ0v) is 16.1. The lowest BCUT2D eigenvalue weighted by molar-refractivity contribution is 0.0692. The average molecular weight is 423 g/mol. The number of halogens is 1. The summed E-state index contributed by atoms with van der Waals surface area (Å²) in [5, 5.41) is 22.1. The van der Waals surface area contributed by atoms with E-state index in [-0.39, 0.29) is 11.3 Å². The van der Waals surface area contributed by atoms with Crippen LogP contribution in [-0.4, -0.2) is 35.6 Å². The molecular weight excluding hydrogens is 412 g/mol. The number of aromatic nitrogens is 5. The van der Waals surface area contributed by atoms with E-state index in [1.165, 1.54) is 17.5 Å². The SMILES string of the molecule is O=C(O)c1nccn2c(-c3ccc(Nc4nc5ccc(Cl)cc5s4)cc3)nnc12. The van der Waals surface area contributed by atoms with Crippen molar-refractivity contribution in [1.82, 2.24) is 24.6 Å². The molecule has 0 radical (unpaired) electrons. The first-order valence-corrected chi connectivity index (χ1v) is 9.64. The van der Waals surface area contributed by atoms with Gasteiger partial charge in [-0.25, -0.2) is 14.8 Å². The standard InChI is InChI=1S/C19H11ClN6O2S/c20-11-3-6-13-14(9-11)29-19(23-13)22-12-4-1-10(2-5-12)16-24-25-17-15(18(27)28)21-7-8-26(16)17/h1-9H,(H,22,23)(H,27,28). The van der Waals surface area contributed by atoms with Crippen molar-refractivity contribution in [2.24, 2.45) is 0 Å². The number of nitrogens with one attached hydrogen (secondary N) is 1. The third-order valence-electron chi connectivity index (χ3n) is 4.27. The number of carboxylic acid groups (broad SMARTS) is 1. The number of nitrogens with zero attached hydrogens (tertiary/aromatic N) is 5. The maximum atomic E-state index is 11.3. The first kappa shape index (κ1) is 17.5. The third-order valence-corrected chi connectivity index (χ3v) is 5.44. The van der Waals surface area contributed by atoms with Gasteiger partial charge in [0.2, 0.25) is 0 Å². The van der Waals surface area contributed by atoms with Gasteiger partial charge in [-0.05, 0) is 42.5 Å². The molecule has 0 aliphatic heterocycles. The maximum Gasteiger partial charge on any atom is 0.358 e. The van der Waals surface area contributed by atoms with Gasteiger partial charge >= 0.3 is 5.97 Å². The van der Waals surface area contributed by atoms with E-state index in [0.717, 1.165) is 26.6 Å². The highest BCUT2D eigenvalue weighted by molar-refractivity contribution is 7.22. The Labute approximate surface area is 172 Å². The second-order valence-corrected chi connectivity index (χ2v) is 7.60. The minimum atomic E-state index is -1.15. The summed E-state index contributed by atoms with van der Waals surface area (Å²) in [5.74, 6) is -0.614. The number of thiazole rings is 1. The van der Waals surface area contributed by atoms with Crippen LogP contribution in [0.3, 0.4) is 0 Å². The Balaban J connectivity index is 1.45. The molecule has 5 aromatic rings. The molecule has 2 N–H and O–H groups in total. The summed E-state index contributed by atoms with van der Waals surface area (Å²) in [6.07, 6.45) is 3.05. The molecule has 0 fully saturated rings. The number of carboxylic acids is 1. The highest BCUT2D eigenvalue weighted by Gasteiger charge is 2.16. The molecular formula is C19H11ClN6O2S. The Morgan fingerprint density at radius 3 is 2.76 bits per heavy atom. The maximum absolute atomic E-state index is 11.3. The minimum Gasteiger partial charge on any atom is -0.476 e. The van der Waals surface area contributed by atoms with Crippen LogP contribution in [-0.2, 0) is 0 Å². The van der Waals surface area contributed by atoms with Crippen LogP contribution in [0.25, 0.3) is 27.3 Å². The molecule has 10 heteroatoms. The molecule has 2 aromatic carbocycles. The van der Waals surface area contributed by atoms with Crippen LogP contribution < -0.4 is 5.32 Å². The molecule has 0 atom stereocenters. The van der Waals surface area contributed by atoms with Crippen LogP contribution in [0.15, 0.2) is 54.9 Å². The van der Waals surface area contributed by atoms with E-state index in [9.17, 15) is 9.90 Å². The largest absolute Gasteiger partial charge is 0.476 e. The van der Waals surface area contributed by atoms with Crippen LogP contribution >= 0.6 is 22.9 Å². The van der Waals surface area contributed by atoms with E-state index in [1.807, 2.05) is 42.5 Å².